The molecular formula is C18H18N4OS. The molecular weight excluding hydrogens is 320 g/mol. The molecule has 0 saturated carbocycles. The molecule has 3 aromatic rings. The second-order valence-electron chi connectivity index (χ2n) is 5.40. The topological polar surface area (TPSA) is 59.8 Å². The maximum atomic E-state index is 12.3. The molecule has 6 heteroatoms. The summed E-state index contributed by atoms with van der Waals surface area (Å²) in [5, 5.41) is 8.06. The fraction of sp³-hybridized carbons (Fsp3) is 0.167. The van der Waals surface area contributed by atoms with E-state index in [0.717, 1.165) is 9.92 Å². The van der Waals surface area contributed by atoms with E-state index in [1.165, 1.54) is 0 Å². The molecule has 2 heterocycles. The average Bonchev–Trinajstić information content (AvgIpc) is 3.09. The van der Waals surface area contributed by atoms with Crippen molar-refractivity contribution in [2.75, 3.05) is 0 Å². The van der Waals surface area contributed by atoms with Gasteiger partial charge in [-0.15, -0.1) is 0 Å². The van der Waals surface area contributed by atoms with E-state index in [0.29, 0.717) is 12.1 Å². The highest BCUT2D eigenvalue weighted by molar-refractivity contribution is 7.99. The van der Waals surface area contributed by atoms with Crippen molar-refractivity contribution in [3.8, 4) is 0 Å². The number of benzene rings is 1. The fourth-order valence-corrected chi connectivity index (χ4v) is 3.02. The zero-order valence-corrected chi connectivity index (χ0v) is 14.1. The molecule has 0 aliphatic heterocycles. The highest BCUT2D eigenvalue weighted by Crippen LogP contribution is 2.25. The van der Waals surface area contributed by atoms with Crippen LogP contribution in [0.5, 0.6) is 0 Å². The standard InChI is InChI=1S/C18H18N4OS/c1-14(13-22-12-4-11-20-22)21-18(23)15-6-8-16(9-7-15)24-17-5-2-3-10-19-17/h2-12,14H,13H2,1H3,(H,21,23)/t14-/m0/s1. The summed E-state index contributed by atoms with van der Waals surface area (Å²) in [5.41, 5.74) is 0.646. The molecule has 3 rings (SSSR count). The second kappa shape index (κ2) is 7.79. The number of aromatic nitrogens is 3. The molecule has 0 aliphatic rings. The Balaban J connectivity index is 1.57. The zero-order chi connectivity index (χ0) is 16.8. The van der Waals surface area contributed by atoms with Crippen molar-refractivity contribution in [2.45, 2.75) is 29.4 Å². The Morgan fingerprint density at radius 3 is 2.67 bits per heavy atom. The summed E-state index contributed by atoms with van der Waals surface area (Å²) in [4.78, 5) is 17.6. The second-order valence-corrected chi connectivity index (χ2v) is 6.49. The summed E-state index contributed by atoms with van der Waals surface area (Å²) in [5.74, 6) is -0.0796. The van der Waals surface area contributed by atoms with E-state index in [2.05, 4.69) is 15.4 Å². The molecule has 0 bridgehead atoms. The molecule has 5 nitrogen and oxygen atoms in total. The Morgan fingerprint density at radius 1 is 1.17 bits per heavy atom. The maximum Gasteiger partial charge on any atom is 0.251 e. The van der Waals surface area contributed by atoms with Crippen LogP contribution in [0.25, 0.3) is 0 Å². The maximum absolute atomic E-state index is 12.3. The molecule has 122 valence electrons. The van der Waals surface area contributed by atoms with Crippen LogP contribution >= 0.6 is 11.8 Å². The number of amides is 1. The summed E-state index contributed by atoms with van der Waals surface area (Å²) < 4.78 is 1.80. The van der Waals surface area contributed by atoms with E-state index in [-0.39, 0.29) is 11.9 Å². The van der Waals surface area contributed by atoms with Gasteiger partial charge < -0.3 is 5.32 Å². The van der Waals surface area contributed by atoms with Crippen LogP contribution in [0.15, 0.2) is 77.0 Å². The minimum atomic E-state index is -0.0796. The number of pyridine rings is 1. The fourth-order valence-electron chi connectivity index (χ4n) is 2.24. The van der Waals surface area contributed by atoms with Crippen molar-refractivity contribution in [3.05, 3.63) is 72.7 Å². The average molecular weight is 338 g/mol. The number of nitrogens with zero attached hydrogens (tertiary/aromatic N) is 3. The van der Waals surface area contributed by atoms with Crippen LogP contribution in [-0.2, 0) is 6.54 Å². The van der Waals surface area contributed by atoms with Gasteiger partial charge in [0.15, 0.2) is 0 Å². The molecule has 0 saturated heterocycles. The Morgan fingerprint density at radius 2 is 2.00 bits per heavy atom. The van der Waals surface area contributed by atoms with E-state index >= 15 is 0 Å². The third kappa shape index (κ3) is 4.45. The Labute approximate surface area is 145 Å². The van der Waals surface area contributed by atoms with Gasteiger partial charge in [0.25, 0.3) is 5.91 Å². The van der Waals surface area contributed by atoms with Crippen LogP contribution in [0, 0.1) is 0 Å². The first-order chi connectivity index (χ1) is 11.7. The lowest BCUT2D eigenvalue weighted by Gasteiger charge is -2.14. The van der Waals surface area contributed by atoms with E-state index in [9.17, 15) is 4.79 Å². The highest BCUT2D eigenvalue weighted by Gasteiger charge is 2.10. The van der Waals surface area contributed by atoms with Crippen LogP contribution in [-0.4, -0.2) is 26.7 Å². The molecule has 0 spiro atoms. The Kier molecular flexibility index (Phi) is 5.28. The quantitative estimate of drug-likeness (QED) is 0.749. The van der Waals surface area contributed by atoms with Gasteiger partial charge in [-0.3, -0.25) is 9.48 Å². The lowest BCUT2D eigenvalue weighted by atomic mass is 10.2. The van der Waals surface area contributed by atoms with Gasteiger partial charge >= 0.3 is 0 Å². The van der Waals surface area contributed by atoms with E-state index in [4.69, 9.17) is 0 Å². The van der Waals surface area contributed by atoms with E-state index < -0.39 is 0 Å². The number of rotatable bonds is 6. The normalized spacial score (nSPS) is 11.9. The van der Waals surface area contributed by atoms with Gasteiger partial charge in [0.1, 0.15) is 5.03 Å². The molecule has 0 aliphatic carbocycles. The number of carbonyl (C=O) groups excluding carboxylic acids is 1. The Bertz CT molecular complexity index is 773. The molecule has 24 heavy (non-hydrogen) atoms. The van der Waals surface area contributed by atoms with Gasteiger partial charge in [-0.05, 0) is 49.4 Å². The van der Waals surface area contributed by atoms with E-state index in [1.54, 1.807) is 28.8 Å². The number of hydrogen-bond donors (Lipinski definition) is 1. The van der Waals surface area contributed by atoms with Gasteiger partial charge in [-0.25, -0.2) is 4.98 Å². The summed E-state index contributed by atoms with van der Waals surface area (Å²) in [6.45, 7) is 2.61. The lowest BCUT2D eigenvalue weighted by Crippen LogP contribution is -2.35. The molecule has 2 aromatic heterocycles. The van der Waals surface area contributed by atoms with Crippen molar-refractivity contribution in [3.63, 3.8) is 0 Å². The largest absolute Gasteiger partial charge is 0.348 e. The molecule has 1 amide bonds. The van der Waals surface area contributed by atoms with Crippen LogP contribution in [0.1, 0.15) is 17.3 Å². The van der Waals surface area contributed by atoms with Crippen LogP contribution in [0.4, 0.5) is 0 Å². The van der Waals surface area contributed by atoms with Crippen LogP contribution in [0.3, 0.4) is 0 Å². The molecule has 1 N–H and O–H groups in total. The van der Waals surface area contributed by atoms with Crippen molar-refractivity contribution >= 4 is 17.7 Å². The molecule has 1 aromatic carbocycles. The SMILES string of the molecule is C[C@@H](Cn1cccn1)NC(=O)c1ccc(Sc2ccccn2)cc1. The zero-order valence-electron chi connectivity index (χ0n) is 13.3. The predicted octanol–water partition coefficient (Wildman–Crippen LogP) is 3.25. The first-order valence-corrected chi connectivity index (χ1v) is 8.49. The minimum absolute atomic E-state index is 0.0000275. The Hall–Kier alpha value is -2.60. The number of carbonyl (C=O) groups is 1. The lowest BCUT2D eigenvalue weighted by molar-refractivity contribution is 0.0936. The van der Waals surface area contributed by atoms with Crippen molar-refractivity contribution < 1.29 is 4.79 Å². The van der Waals surface area contributed by atoms with Gasteiger partial charge in [-0.2, -0.15) is 5.10 Å². The molecule has 0 unspecified atom stereocenters. The first-order valence-electron chi connectivity index (χ1n) is 7.68. The van der Waals surface area contributed by atoms with Gasteiger partial charge in [0.2, 0.25) is 0 Å². The first kappa shape index (κ1) is 16.3. The summed E-state index contributed by atoms with van der Waals surface area (Å²) in [6.07, 6.45) is 5.38. The van der Waals surface area contributed by atoms with Crippen LogP contribution < -0.4 is 5.32 Å². The van der Waals surface area contributed by atoms with Crippen LogP contribution in [0.2, 0.25) is 0 Å². The monoisotopic (exact) mass is 338 g/mol. The molecule has 0 fully saturated rings. The molecule has 0 radical (unpaired) electrons. The summed E-state index contributed by atoms with van der Waals surface area (Å²) in [7, 11) is 0. The minimum Gasteiger partial charge on any atom is -0.348 e. The highest BCUT2D eigenvalue weighted by atomic mass is 32.2. The smallest absolute Gasteiger partial charge is 0.251 e. The van der Waals surface area contributed by atoms with Crippen molar-refractivity contribution in [2.24, 2.45) is 0 Å². The van der Waals surface area contributed by atoms with E-state index in [1.807, 2.05) is 61.7 Å². The van der Waals surface area contributed by atoms with Gasteiger partial charge in [-0.1, -0.05) is 17.8 Å². The summed E-state index contributed by atoms with van der Waals surface area (Å²) >= 11 is 1.57. The van der Waals surface area contributed by atoms with Gasteiger partial charge in [0.05, 0.1) is 6.54 Å². The third-order valence-corrected chi connectivity index (χ3v) is 4.33. The predicted molar refractivity (Wildman–Crippen MR) is 94.0 cm³/mol. The number of hydrogen-bond acceptors (Lipinski definition) is 4. The summed E-state index contributed by atoms with van der Waals surface area (Å²) in [6, 6.07) is 15.2. The molecule has 1 atom stereocenters. The van der Waals surface area contributed by atoms with Gasteiger partial charge in [0, 0.05) is 35.1 Å². The van der Waals surface area contributed by atoms with Crippen molar-refractivity contribution in [1.82, 2.24) is 20.1 Å². The number of nitrogens with one attached hydrogen (secondary N) is 1. The van der Waals surface area contributed by atoms with Crippen molar-refractivity contribution in [1.29, 1.82) is 0 Å². The third-order valence-electron chi connectivity index (χ3n) is 3.37.